The van der Waals surface area contributed by atoms with Crippen LogP contribution in [0.2, 0.25) is 0 Å². The van der Waals surface area contributed by atoms with Gasteiger partial charge in [-0.05, 0) is 31.6 Å². The van der Waals surface area contributed by atoms with E-state index in [0.29, 0.717) is 18.4 Å². The van der Waals surface area contributed by atoms with E-state index in [9.17, 15) is 4.79 Å². The Morgan fingerprint density at radius 2 is 2.22 bits per heavy atom. The Kier molecular flexibility index (Phi) is 6.86. The van der Waals surface area contributed by atoms with Crippen molar-refractivity contribution < 1.29 is 9.53 Å². The van der Waals surface area contributed by atoms with E-state index in [1.54, 1.807) is 13.0 Å². The van der Waals surface area contributed by atoms with Crippen LogP contribution in [0.3, 0.4) is 0 Å². The van der Waals surface area contributed by atoms with Crippen LogP contribution in [0.15, 0.2) is 12.2 Å². The first-order valence-corrected chi connectivity index (χ1v) is 7.43. The molecule has 0 amide bonds. The van der Waals surface area contributed by atoms with E-state index in [0.717, 1.165) is 18.6 Å². The number of rotatable bonds is 5. The van der Waals surface area contributed by atoms with Gasteiger partial charge in [0.05, 0.1) is 6.61 Å². The monoisotopic (exact) mass is 270 g/mol. The molecule has 0 aromatic heterocycles. The van der Waals surface area contributed by atoms with Crippen molar-refractivity contribution >= 4 is 22.9 Å². The number of thioether (sulfide) groups is 1. The topological polar surface area (TPSA) is 76.2 Å². The lowest BCUT2D eigenvalue weighted by Gasteiger charge is -2.28. The number of ether oxygens (including phenoxy) is 1. The number of hydrogen-bond donors (Lipinski definition) is 2. The molecule has 2 atom stereocenters. The van der Waals surface area contributed by atoms with Gasteiger partial charge in [-0.25, -0.2) is 4.79 Å². The third-order valence-corrected chi connectivity index (χ3v) is 4.09. The van der Waals surface area contributed by atoms with E-state index in [4.69, 9.17) is 15.9 Å². The Labute approximate surface area is 113 Å². The van der Waals surface area contributed by atoms with Crippen LogP contribution >= 0.6 is 11.8 Å². The summed E-state index contributed by atoms with van der Waals surface area (Å²) >= 11 is 1.40. The molecule has 3 N–H and O–H groups in total. The fourth-order valence-electron chi connectivity index (χ4n) is 2.29. The van der Waals surface area contributed by atoms with Gasteiger partial charge in [0.15, 0.2) is 5.17 Å². The average molecular weight is 270 g/mol. The lowest BCUT2D eigenvalue weighted by molar-refractivity contribution is -0.137. The van der Waals surface area contributed by atoms with Crippen molar-refractivity contribution in [3.63, 3.8) is 0 Å². The molecular formula is C13H22N2O2S. The number of amidine groups is 1. The minimum absolute atomic E-state index is 0.175. The van der Waals surface area contributed by atoms with E-state index >= 15 is 0 Å². The average Bonchev–Trinajstić information content (AvgIpc) is 2.35. The van der Waals surface area contributed by atoms with E-state index in [2.05, 4.69) is 0 Å². The summed E-state index contributed by atoms with van der Waals surface area (Å²) in [5.74, 6) is 1.53. The summed E-state index contributed by atoms with van der Waals surface area (Å²) in [6, 6.07) is 0. The molecule has 0 saturated heterocycles. The molecule has 1 aliphatic carbocycles. The van der Waals surface area contributed by atoms with Crippen molar-refractivity contribution in [3.05, 3.63) is 12.2 Å². The zero-order chi connectivity index (χ0) is 13.4. The summed E-state index contributed by atoms with van der Waals surface area (Å²) in [6.45, 7) is 2.22. The zero-order valence-electron chi connectivity index (χ0n) is 10.9. The maximum Gasteiger partial charge on any atom is 0.330 e. The van der Waals surface area contributed by atoms with Crippen molar-refractivity contribution in [1.82, 2.24) is 0 Å². The van der Waals surface area contributed by atoms with Crippen LogP contribution in [0.1, 0.15) is 32.6 Å². The predicted molar refractivity (Wildman–Crippen MR) is 75.6 cm³/mol. The van der Waals surface area contributed by atoms with Crippen molar-refractivity contribution in [1.29, 1.82) is 5.41 Å². The molecule has 1 aliphatic rings. The highest BCUT2D eigenvalue weighted by Crippen LogP contribution is 2.33. The summed E-state index contributed by atoms with van der Waals surface area (Å²) in [5.41, 5.74) is 5.37. The largest absolute Gasteiger partial charge is 0.463 e. The van der Waals surface area contributed by atoms with Crippen LogP contribution in [0.5, 0.6) is 0 Å². The van der Waals surface area contributed by atoms with Crippen LogP contribution in [-0.4, -0.2) is 23.5 Å². The van der Waals surface area contributed by atoms with Gasteiger partial charge in [-0.15, -0.1) is 0 Å². The lowest BCUT2D eigenvalue weighted by atomic mass is 9.80. The molecule has 0 heterocycles. The molecule has 1 rings (SSSR count). The first-order chi connectivity index (χ1) is 8.63. The quantitative estimate of drug-likeness (QED) is 0.348. The van der Waals surface area contributed by atoms with Gasteiger partial charge < -0.3 is 10.5 Å². The van der Waals surface area contributed by atoms with Crippen LogP contribution in [0, 0.1) is 17.2 Å². The lowest BCUT2D eigenvalue weighted by Crippen LogP contribution is -2.21. The third-order valence-electron chi connectivity index (χ3n) is 3.19. The van der Waals surface area contributed by atoms with Gasteiger partial charge in [-0.3, -0.25) is 5.41 Å². The van der Waals surface area contributed by atoms with Crippen molar-refractivity contribution in [2.75, 3.05) is 12.4 Å². The van der Waals surface area contributed by atoms with Crippen molar-refractivity contribution in [2.45, 2.75) is 32.6 Å². The molecule has 0 aromatic rings. The van der Waals surface area contributed by atoms with Crippen LogP contribution < -0.4 is 5.73 Å². The van der Waals surface area contributed by atoms with E-state index in [1.165, 1.54) is 24.6 Å². The SMILES string of the molecule is CCOC(=O)/C=C/[C@@H]1CCCC[C@@H]1CSC(=N)N. The fraction of sp³-hybridized carbons (Fsp3) is 0.692. The Morgan fingerprint density at radius 3 is 2.89 bits per heavy atom. The standard InChI is InChI=1S/C13H22N2O2S/c1-2-17-12(16)8-7-10-5-3-4-6-11(10)9-18-13(14)15/h7-8,10-11H,2-6,9H2,1H3,(H3,14,15)/b8-7+/t10-,11+/m0/s1. The molecule has 18 heavy (non-hydrogen) atoms. The zero-order valence-corrected chi connectivity index (χ0v) is 11.7. The summed E-state index contributed by atoms with van der Waals surface area (Å²) < 4.78 is 4.88. The highest BCUT2D eigenvalue weighted by atomic mass is 32.2. The molecule has 4 nitrogen and oxygen atoms in total. The van der Waals surface area contributed by atoms with Gasteiger partial charge >= 0.3 is 5.97 Å². The van der Waals surface area contributed by atoms with Gasteiger partial charge in [0.25, 0.3) is 0 Å². The van der Waals surface area contributed by atoms with E-state index in [-0.39, 0.29) is 11.1 Å². The minimum Gasteiger partial charge on any atom is -0.463 e. The van der Waals surface area contributed by atoms with E-state index < -0.39 is 0 Å². The van der Waals surface area contributed by atoms with E-state index in [1.807, 2.05) is 6.08 Å². The Bertz CT molecular complexity index is 318. The van der Waals surface area contributed by atoms with Crippen LogP contribution in [0.25, 0.3) is 0 Å². The van der Waals surface area contributed by atoms with Crippen molar-refractivity contribution in [3.8, 4) is 0 Å². The molecule has 0 spiro atoms. The van der Waals surface area contributed by atoms with Gasteiger partial charge in [0, 0.05) is 11.8 Å². The third kappa shape index (κ3) is 5.58. The molecule has 0 unspecified atom stereocenters. The molecule has 102 valence electrons. The van der Waals surface area contributed by atoms with Crippen LogP contribution in [-0.2, 0) is 9.53 Å². The molecule has 0 radical (unpaired) electrons. The highest BCUT2D eigenvalue weighted by Gasteiger charge is 2.23. The predicted octanol–water partition coefficient (Wildman–Crippen LogP) is 2.54. The molecule has 0 aromatic carbocycles. The number of carbonyl (C=O) groups is 1. The Balaban J connectivity index is 2.48. The summed E-state index contributed by atoms with van der Waals surface area (Å²) in [5, 5.41) is 7.43. The first kappa shape index (κ1) is 15.1. The molecule has 5 heteroatoms. The van der Waals surface area contributed by atoms with Gasteiger partial charge in [-0.2, -0.15) is 0 Å². The number of hydrogen-bond acceptors (Lipinski definition) is 4. The summed E-state index contributed by atoms with van der Waals surface area (Å²) in [7, 11) is 0. The Hall–Kier alpha value is -0.970. The van der Waals surface area contributed by atoms with Gasteiger partial charge in [0.2, 0.25) is 0 Å². The number of nitrogens with two attached hydrogens (primary N) is 1. The maximum atomic E-state index is 11.3. The fourth-order valence-corrected chi connectivity index (χ4v) is 3.09. The molecular weight excluding hydrogens is 248 g/mol. The summed E-state index contributed by atoms with van der Waals surface area (Å²) in [4.78, 5) is 11.3. The van der Waals surface area contributed by atoms with Gasteiger partial charge in [0.1, 0.15) is 0 Å². The second-order valence-corrected chi connectivity index (χ2v) is 5.56. The maximum absolute atomic E-state index is 11.3. The normalized spacial score (nSPS) is 24.1. The van der Waals surface area contributed by atoms with Gasteiger partial charge in [-0.1, -0.05) is 30.7 Å². The minimum atomic E-state index is -0.263. The summed E-state index contributed by atoms with van der Waals surface area (Å²) in [6.07, 6.45) is 8.22. The second-order valence-electron chi connectivity index (χ2n) is 4.49. The number of nitrogens with one attached hydrogen (secondary N) is 1. The number of carbonyl (C=O) groups excluding carboxylic acids is 1. The smallest absolute Gasteiger partial charge is 0.330 e. The molecule has 1 saturated carbocycles. The van der Waals surface area contributed by atoms with Crippen molar-refractivity contribution in [2.24, 2.45) is 17.6 Å². The highest BCUT2D eigenvalue weighted by molar-refractivity contribution is 8.13. The molecule has 0 aliphatic heterocycles. The van der Waals surface area contributed by atoms with Crippen LogP contribution in [0.4, 0.5) is 0 Å². The molecule has 0 bridgehead atoms. The number of esters is 1. The molecule has 1 fully saturated rings. The number of allylic oxidation sites excluding steroid dienone is 1. The second kappa shape index (κ2) is 8.19. The first-order valence-electron chi connectivity index (χ1n) is 6.45. The Morgan fingerprint density at radius 1 is 1.50 bits per heavy atom.